The van der Waals surface area contributed by atoms with E-state index in [0.29, 0.717) is 11.8 Å². The van der Waals surface area contributed by atoms with Crippen LogP contribution in [0.4, 0.5) is 0 Å². The van der Waals surface area contributed by atoms with E-state index >= 15 is 0 Å². The molecule has 1 heterocycles. The Kier molecular flexibility index (Phi) is 6.33. The molecule has 1 aliphatic heterocycles. The quantitative estimate of drug-likeness (QED) is 0.775. The van der Waals surface area contributed by atoms with Crippen LogP contribution in [0.2, 0.25) is 0 Å². The van der Waals surface area contributed by atoms with Gasteiger partial charge >= 0.3 is 0 Å². The number of nitrogens with one attached hydrogen (secondary N) is 1. The van der Waals surface area contributed by atoms with Crippen LogP contribution in [0.3, 0.4) is 0 Å². The van der Waals surface area contributed by atoms with E-state index in [4.69, 9.17) is 0 Å². The van der Waals surface area contributed by atoms with Crippen molar-refractivity contribution < 1.29 is 5.11 Å². The van der Waals surface area contributed by atoms with Crippen molar-refractivity contribution in [2.24, 2.45) is 0 Å². The molecule has 0 spiro atoms. The predicted molar refractivity (Wildman–Crippen MR) is 87.1 cm³/mol. The van der Waals surface area contributed by atoms with Gasteiger partial charge in [-0.05, 0) is 28.4 Å². The predicted octanol–water partition coefficient (Wildman–Crippen LogP) is 3.68. The number of piperazine rings is 1. The molecule has 0 aromatic heterocycles. The number of halogens is 1. The summed E-state index contributed by atoms with van der Waals surface area (Å²) in [7, 11) is 0. The summed E-state index contributed by atoms with van der Waals surface area (Å²) in [5.74, 6) is 0.410. The van der Waals surface area contributed by atoms with Crippen molar-refractivity contribution in [2.45, 2.75) is 38.6 Å². The van der Waals surface area contributed by atoms with Gasteiger partial charge < -0.3 is 10.4 Å². The van der Waals surface area contributed by atoms with Crippen LogP contribution in [0.25, 0.3) is 0 Å². The van der Waals surface area contributed by atoms with Crippen molar-refractivity contribution >= 4 is 15.9 Å². The van der Waals surface area contributed by atoms with Crippen LogP contribution in [0.15, 0.2) is 22.7 Å². The third kappa shape index (κ3) is 3.96. The van der Waals surface area contributed by atoms with Crippen molar-refractivity contribution in [3.8, 4) is 5.75 Å². The molecule has 1 atom stereocenters. The second-order valence-corrected chi connectivity index (χ2v) is 6.33. The Bertz CT molecular complexity index is 419. The lowest BCUT2D eigenvalue weighted by Crippen LogP contribution is -2.45. The summed E-state index contributed by atoms with van der Waals surface area (Å²) in [6, 6.07) is 6.33. The highest BCUT2D eigenvalue weighted by molar-refractivity contribution is 9.10. The molecule has 0 aliphatic carbocycles. The lowest BCUT2D eigenvalue weighted by Gasteiger charge is -2.35. The maximum atomic E-state index is 10.4. The second-order valence-electron chi connectivity index (χ2n) is 5.48. The molecule has 4 heteroatoms. The van der Waals surface area contributed by atoms with Crippen molar-refractivity contribution in [1.29, 1.82) is 0 Å². The van der Waals surface area contributed by atoms with Gasteiger partial charge in [-0.15, -0.1) is 0 Å². The van der Waals surface area contributed by atoms with Crippen LogP contribution in [-0.4, -0.2) is 36.2 Å². The molecule has 20 heavy (non-hydrogen) atoms. The van der Waals surface area contributed by atoms with Gasteiger partial charge in [-0.2, -0.15) is 0 Å². The van der Waals surface area contributed by atoms with Gasteiger partial charge in [0, 0.05) is 37.8 Å². The Hall–Kier alpha value is -0.580. The Morgan fingerprint density at radius 1 is 1.30 bits per heavy atom. The van der Waals surface area contributed by atoms with Gasteiger partial charge in [0.1, 0.15) is 5.75 Å². The van der Waals surface area contributed by atoms with E-state index in [2.05, 4.69) is 39.1 Å². The summed E-state index contributed by atoms with van der Waals surface area (Å²) < 4.78 is 0.797. The maximum absolute atomic E-state index is 10.4. The third-order valence-electron chi connectivity index (χ3n) is 4.05. The minimum atomic E-state index is 0.334. The lowest BCUT2D eigenvalue weighted by atomic mass is 9.97. The van der Waals surface area contributed by atoms with Gasteiger partial charge in [0.25, 0.3) is 0 Å². The average molecular weight is 341 g/mol. The molecule has 112 valence electrons. The highest BCUT2D eigenvalue weighted by atomic mass is 79.9. The smallest absolute Gasteiger partial charge is 0.134 e. The molecule has 0 radical (unpaired) electrons. The molecule has 1 saturated heterocycles. The van der Waals surface area contributed by atoms with Crippen molar-refractivity contribution in [1.82, 2.24) is 10.2 Å². The van der Waals surface area contributed by atoms with E-state index in [1.165, 1.54) is 19.3 Å². The first-order chi connectivity index (χ1) is 9.74. The molecule has 2 rings (SSSR count). The number of para-hydroxylation sites is 1. The molecule has 3 nitrogen and oxygen atoms in total. The zero-order valence-corrected chi connectivity index (χ0v) is 13.8. The van der Waals surface area contributed by atoms with E-state index < -0.39 is 0 Å². The van der Waals surface area contributed by atoms with Crippen LogP contribution < -0.4 is 5.32 Å². The van der Waals surface area contributed by atoms with Gasteiger partial charge in [0.05, 0.1) is 4.47 Å². The molecule has 1 fully saturated rings. The standard InChI is InChI=1S/C16H25BrN2O/c1-2-3-4-8-15(19-11-9-18-10-12-19)13-6-5-7-14(17)16(13)20/h5-7,15,18,20H,2-4,8-12H2,1H3/t15-/m1/s1. The van der Waals surface area contributed by atoms with Gasteiger partial charge in [0.2, 0.25) is 0 Å². The Balaban J connectivity index is 2.17. The first kappa shape index (κ1) is 15.8. The van der Waals surface area contributed by atoms with Gasteiger partial charge in [-0.1, -0.05) is 38.3 Å². The van der Waals surface area contributed by atoms with Crippen molar-refractivity contribution in [2.75, 3.05) is 26.2 Å². The van der Waals surface area contributed by atoms with E-state index in [-0.39, 0.29) is 0 Å². The SMILES string of the molecule is CCCCC[C@H](c1cccc(Br)c1O)N1CCNCC1. The van der Waals surface area contributed by atoms with Crippen LogP contribution in [0.5, 0.6) is 5.75 Å². The largest absolute Gasteiger partial charge is 0.506 e. The summed E-state index contributed by atoms with van der Waals surface area (Å²) in [6.45, 7) is 6.43. The van der Waals surface area contributed by atoms with Crippen molar-refractivity contribution in [3.05, 3.63) is 28.2 Å². The molecule has 0 saturated carbocycles. The number of phenolic OH excluding ortho intramolecular Hbond substituents is 1. The minimum Gasteiger partial charge on any atom is -0.506 e. The van der Waals surface area contributed by atoms with Crippen LogP contribution >= 0.6 is 15.9 Å². The average Bonchev–Trinajstić information content (AvgIpc) is 2.48. The van der Waals surface area contributed by atoms with Gasteiger partial charge in [-0.3, -0.25) is 4.90 Å². The molecule has 1 aromatic rings. The summed E-state index contributed by atoms with van der Waals surface area (Å²) in [4.78, 5) is 2.51. The molecule has 0 unspecified atom stereocenters. The lowest BCUT2D eigenvalue weighted by molar-refractivity contribution is 0.160. The molecular weight excluding hydrogens is 316 g/mol. The number of nitrogens with zero attached hydrogens (tertiary/aromatic N) is 1. The number of aromatic hydroxyl groups is 1. The summed E-state index contributed by atoms with van der Waals surface area (Å²) in [6.07, 6.45) is 4.84. The topological polar surface area (TPSA) is 35.5 Å². The molecule has 0 bridgehead atoms. The highest BCUT2D eigenvalue weighted by Crippen LogP contribution is 2.37. The second kappa shape index (κ2) is 8.01. The fourth-order valence-electron chi connectivity index (χ4n) is 2.92. The number of hydrogen-bond donors (Lipinski definition) is 2. The highest BCUT2D eigenvalue weighted by Gasteiger charge is 2.24. The Morgan fingerprint density at radius 2 is 2.05 bits per heavy atom. The number of benzene rings is 1. The molecular formula is C16H25BrN2O. The fourth-order valence-corrected chi connectivity index (χ4v) is 3.30. The first-order valence-electron chi connectivity index (χ1n) is 7.66. The zero-order chi connectivity index (χ0) is 14.4. The monoisotopic (exact) mass is 340 g/mol. The molecule has 1 aliphatic rings. The maximum Gasteiger partial charge on any atom is 0.134 e. The van der Waals surface area contributed by atoms with Crippen LogP contribution in [-0.2, 0) is 0 Å². The molecule has 1 aromatic carbocycles. The third-order valence-corrected chi connectivity index (χ3v) is 4.69. The van der Waals surface area contributed by atoms with E-state index in [1.54, 1.807) is 0 Å². The number of hydrogen-bond acceptors (Lipinski definition) is 3. The minimum absolute atomic E-state index is 0.334. The molecule has 2 N–H and O–H groups in total. The van der Waals surface area contributed by atoms with E-state index in [1.807, 2.05) is 12.1 Å². The number of rotatable bonds is 6. The van der Waals surface area contributed by atoms with Crippen molar-refractivity contribution in [3.63, 3.8) is 0 Å². The molecule has 0 amide bonds. The number of unbranched alkanes of at least 4 members (excludes halogenated alkanes) is 2. The Morgan fingerprint density at radius 3 is 2.75 bits per heavy atom. The van der Waals surface area contributed by atoms with E-state index in [9.17, 15) is 5.11 Å². The first-order valence-corrected chi connectivity index (χ1v) is 8.45. The van der Waals surface area contributed by atoms with Crippen LogP contribution in [0.1, 0.15) is 44.2 Å². The Labute approximate surface area is 130 Å². The van der Waals surface area contributed by atoms with Crippen LogP contribution in [0, 0.1) is 0 Å². The van der Waals surface area contributed by atoms with Gasteiger partial charge in [0.15, 0.2) is 0 Å². The summed E-state index contributed by atoms with van der Waals surface area (Å²) >= 11 is 3.44. The van der Waals surface area contributed by atoms with E-state index in [0.717, 1.165) is 42.6 Å². The fraction of sp³-hybridized carbons (Fsp3) is 0.625. The van der Waals surface area contributed by atoms with Gasteiger partial charge in [-0.25, -0.2) is 0 Å². The normalized spacial score (nSPS) is 18.1. The summed E-state index contributed by atoms with van der Waals surface area (Å²) in [5, 5.41) is 13.8. The zero-order valence-electron chi connectivity index (χ0n) is 12.2. The summed E-state index contributed by atoms with van der Waals surface area (Å²) in [5.41, 5.74) is 1.07. The number of phenols is 1.